The summed E-state index contributed by atoms with van der Waals surface area (Å²) < 4.78 is 0. The Kier molecular flexibility index (Phi) is 4.70. The molecule has 0 unspecified atom stereocenters. The Morgan fingerprint density at radius 2 is 2.25 bits per heavy atom. The van der Waals surface area contributed by atoms with Crippen molar-refractivity contribution < 1.29 is 9.90 Å². The standard InChI is InChI=1S/C13H17NO2/c1-3-11-7-8-12(14-9-11)6-4-5-10(2)13(15)16/h5,7-9H,3-4,6H2,1-2H3,(H,15,16). The van der Waals surface area contributed by atoms with E-state index in [1.165, 1.54) is 5.56 Å². The molecule has 0 aliphatic rings. The van der Waals surface area contributed by atoms with E-state index in [0.29, 0.717) is 5.57 Å². The molecule has 3 heteroatoms. The van der Waals surface area contributed by atoms with Gasteiger partial charge in [0.1, 0.15) is 0 Å². The maximum Gasteiger partial charge on any atom is 0.330 e. The smallest absolute Gasteiger partial charge is 0.330 e. The SMILES string of the molecule is CCc1ccc(CCC=C(C)C(=O)O)nc1. The van der Waals surface area contributed by atoms with E-state index in [9.17, 15) is 4.79 Å². The Morgan fingerprint density at radius 3 is 2.75 bits per heavy atom. The Hall–Kier alpha value is -1.64. The first-order valence-electron chi connectivity index (χ1n) is 5.47. The van der Waals surface area contributed by atoms with Crippen LogP contribution in [-0.2, 0) is 17.6 Å². The third-order valence-corrected chi connectivity index (χ3v) is 2.48. The van der Waals surface area contributed by atoms with Crippen LogP contribution in [0.15, 0.2) is 30.0 Å². The Labute approximate surface area is 95.8 Å². The summed E-state index contributed by atoms with van der Waals surface area (Å²) in [6.07, 6.45) is 6.11. The largest absolute Gasteiger partial charge is 0.478 e. The van der Waals surface area contributed by atoms with Crippen LogP contribution in [0.2, 0.25) is 0 Å². The number of aryl methyl sites for hydroxylation is 2. The summed E-state index contributed by atoms with van der Waals surface area (Å²) in [7, 11) is 0. The molecule has 1 N–H and O–H groups in total. The molecule has 1 rings (SSSR count). The molecule has 16 heavy (non-hydrogen) atoms. The summed E-state index contributed by atoms with van der Waals surface area (Å²) in [5.74, 6) is -0.853. The minimum Gasteiger partial charge on any atom is -0.478 e. The first kappa shape index (κ1) is 12.4. The Morgan fingerprint density at radius 1 is 1.50 bits per heavy atom. The molecular weight excluding hydrogens is 202 g/mol. The van der Waals surface area contributed by atoms with E-state index < -0.39 is 5.97 Å². The molecule has 0 fully saturated rings. The number of carboxylic acids is 1. The van der Waals surface area contributed by atoms with Gasteiger partial charge in [-0.25, -0.2) is 4.79 Å². The molecule has 1 heterocycles. The summed E-state index contributed by atoms with van der Waals surface area (Å²) in [4.78, 5) is 14.9. The summed E-state index contributed by atoms with van der Waals surface area (Å²) in [6.45, 7) is 3.70. The minimum absolute atomic E-state index is 0.394. The van der Waals surface area contributed by atoms with E-state index in [4.69, 9.17) is 5.11 Å². The highest BCUT2D eigenvalue weighted by Gasteiger charge is 1.99. The van der Waals surface area contributed by atoms with E-state index in [-0.39, 0.29) is 0 Å². The predicted molar refractivity (Wildman–Crippen MR) is 63.3 cm³/mol. The van der Waals surface area contributed by atoms with Gasteiger partial charge in [0.2, 0.25) is 0 Å². The molecule has 0 atom stereocenters. The van der Waals surface area contributed by atoms with Crippen molar-refractivity contribution in [1.29, 1.82) is 0 Å². The zero-order chi connectivity index (χ0) is 12.0. The van der Waals surface area contributed by atoms with E-state index in [1.807, 2.05) is 12.3 Å². The first-order chi connectivity index (χ1) is 7.63. The quantitative estimate of drug-likeness (QED) is 0.774. The number of allylic oxidation sites excluding steroid dienone is 1. The highest BCUT2D eigenvalue weighted by Crippen LogP contribution is 2.05. The second-order valence-corrected chi connectivity index (χ2v) is 3.74. The van der Waals surface area contributed by atoms with Crippen LogP contribution in [0.1, 0.15) is 31.5 Å². The van der Waals surface area contributed by atoms with E-state index >= 15 is 0 Å². The van der Waals surface area contributed by atoms with Crippen LogP contribution in [0, 0.1) is 0 Å². The maximum atomic E-state index is 10.5. The van der Waals surface area contributed by atoms with Crippen molar-refractivity contribution in [2.75, 3.05) is 0 Å². The fourth-order valence-electron chi connectivity index (χ4n) is 1.34. The van der Waals surface area contributed by atoms with E-state index in [1.54, 1.807) is 13.0 Å². The summed E-state index contributed by atoms with van der Waals surface area (Å²) >= 11 is 0. The van der Waals surface area contributed by atoms with Crippen LogP contribution in [0.3, 0.4) is 0 Å². The average Bonchev–Trinajstić information content (AvgIpc) is 2.29. The van der Waals surface area contributed by atoms with Crippen LogP contribution < -0.4 is 0 Å². The third-order valence-electron chi connectivity index (χ3n) is 2.48. The van der Waals surface area contributed by atoms with Crippen molar-refractivity contribution >= 4 is 5.97 Å². The number of carbonyl (C=O) groups is 1. The van der Waals surface area contributed by atoms with Gasteiger partial charge in [0, 0.05) is 17.5 Å². The number of rotatable bonds is 5. The van der Waals surface area contributed by atoms with Crippen LogP contribution >= 0.6 is 0 Å². The van der Waals surface area contributed by atoms with Crippen molar-refractivity contribution in [2.45, 2.75) is 33.1 Å². The van der Waals surface area contributed by atoms with Crippen molar-refractivity contribution in [2.24, 2.45) is 0 Å². The van der Waals surface area contributed by atoms with Crippen LogP contribution in [-0.4, -0.2) is 16.1 Å². The number of carboxylic acid groups (broad SMARTS) is 1. The van der Waals surface area contributed by atoms with Crippen molar-refractivity contribution in [3.8, 4) is 0 Å². The number of aliphatic carboxylic acids is 1. The summed E-state index contributed by atoms with van der Waals surface area (Å²) in [5, 5.41) is 8.66. The van der Waals surface area contributed by atoms with Gasteiger partial charge in [-0.3, -0.25) is 4.98 Å². The van der Waals surface area contributed by atoms with Gasteiger partial charge in [0.05, 0.1) is 0 Å². The van der Waals surface area contributed by atoms with Gasteiger partial charge in [-0.2, -0.15) is 0 Å². The molecule has 0 spiro atoms. The minimum atomic E-state index is -0.853. The molecule has 0 aromatic carbocycles. The van der Waals surface area contributed by atoms with E-state index in [2.05, 4.69) is 18.0 Å². The number of hydrogen-bond donors (Lipinski definition) is 1. The molecule has 0 radical (unpaired) electrons. The fraction of sp³-hybridized carbons (Fsp3) is 0.385. The fourth-order valence-corrected chi connectivity index (χ4v) is 1.34. The Balaban J connectivity index is 2.49. The average molecular weight is 219 g/mol. The molecule has 0 aliphatic heterocycles. The molecule has 0 saturated heterocycles. The number of nitrogens with zero attached hydrogens (tertiary/aromatic N) is 1. The van der Waals surface area contributed by atoms with Gasteiger partial charge < -0.3 is 5.11 Å². The zero-order valence-electron chi connectivity index (χ0n) is 9.73. The van der Waals surface area contributed by atoms with Crippen molar-refractivity contribution in [3.05, 3.63) is 41.2 Å². The molecule has 0 bridgehead atoms. The zero-order valence-corrected chi connectivity index (χ0v) is 9.73. The highest BCUT2D eigenvalue weighted by atomic mass is 16.4. The van der Waals surface area contributed by atoms with Gasteiger partial charge in [-0.15, -0.1) is 0 Å². The number of hydrogen-bond acceptors (Lipinski definition) is 2. The van der Waals surface area contributed by atoms with Crippen molar-refractivity contribution in [1.82, 2.24) is 4.98 Å². The molecule has 0 amide bonds. The lowest BCUT2D eigenvalue weighted by molar-refractivity contribution is -0.132. The molecule has 0 aliphatic carbocycles. The first-order valence-corrected chi connectivity index (χ1v) is 5.47. The van der Waals surface area contributed by atoms with Crippen molar-refractivity contribution in [3.63, 3.8) is 0 Å². The molecular formula is C13H17NO2. The topological polar surface area (TPSA) is 50.2 Å². The summed E-state index contributed by atoms with van der Waals surface area (Å²) in [6, 6.07) is 4.07. The second kappa shape index (κ2) is 6.05. The summed E-state index contributed by atoms with van der Waals surface area (Å²) in [5.41, 5.74) is 2.62. The van der Waals surface area contributed by atoms with Crippen LogP contribution in [0.5, 0.6) is 0 Å². The molecule has 1 aromatic rings. The van der Waals surface area contributed by atoms with Gasteiger partial charge in [0.25, 0.3) is 0 Å². The van der Waals surface area contributed by atoms with Gasteiger partial charge in [0.15, 0.2) is 0 Å². The second-order valence-electron chi connectivity index (χ2n) is 3.74. The lowest BCUT2D eigenvalue weighted by atomic mass is 10.1. The van der Waals surface area contributed by atoms with Crippen LogP contribution in [0.25, 0.3) is 0 Å². The van der Waals surface area contributed by atoms with Gasteiger partial charge in [-0.05, 0) is 37.8 Å². The predicted octanol–water partition coefficient (Wildman–Crippen LogP) is 2.61. The maximum absolute atomic E-state index is 10.5. The third kappa shape index (κ3) is 3.85. The van der Waals surface area contributed by atoms with Gasteiger partial charge in [-0.1, -0.05) is 19.1 Å². The van der Waals surface area contributed by atoms with Gasteiger partial charge >= 0.3 is 5.97 Å². The molecule has 1 aromatic heterocycles. The van der Waals surface area contributed by atoms with E-state index in [0.717, 1.165) is 25.0 Å². The lowest BCUT2D eigenvalue weighted by Crippen LogP contribution is -1.96. The molecule has 0 saturated carbocycles. The monoisotopic (exact) mass is 219 g/mol. The molecule has 86 valence electrons. The number of aromatic nitrogens is 1. The highest BCUT2D eigenvalue weighted by molar-refractivity contribution is 5.85. The normalized spacial score (nSPS) is 11.5. The van der Waals surface area contributed by atoms with Crippen LogP contribution in [0.4, 0.5) is 0 Å². The Bertz CT molecular complexity index is 379. The molecule has 3 nitrogen and oxygen atoms in total. The number of pyridine rings is 1. The lowest BCUT2D eigenvalue weighted by Gasteiger charge is -2.00.